The molecule has 0 saturated carbocycles. The number of hydrogen-bond donors (Lipinski definition) is 0. The highest BCUT2D eigenvalue weighted by Gasteiger charge is 2.39. The Kier molecular flexibility index (Phi) is 5.51. The minimum absolute atomic E-state index is 0.226. The van der Waals surface area contributed by atoms with Crippen molar-refractivity contribution in [3.8, 4) is 5.69 Å². The van der Waals surface area contributed by atoms with Crippen LogP contribution in [0.25, 0.3) is 69.6 Å². The van der Waals surface area contributed by atoms with Crippen LogP contribution in [0, 0.1) is 13.8 Å². The van der Waals surface area contributed by atoms with Crippen LogP contribution in [0.5, 0.6) is 0 Å². The van der Waals surface area contributed by atoms with Gasteiger partial charge in [0.05, 0.1) is 16.4 Å². The summed E-state index contributed by atoms with van der Waals surface area (Å²) < 4.78 is 12.0. The maximum atomic E-state index is 6.87. The van der Waals surface area contributed by atoms with Gasteiger partial charge in [0.1, 0.15) is 11.2 Å². The Bertz CT molecular complexity index is 3040. The van der Waals surface area contributed by atoms with Gasteiger partial charge in [0.15, 0.2) is 0 Å². The fourth-order valence-corrected chi connectivity index (χ4v) is 12.6. The summed E-state index contributed by atoms with van der Waals surface area (Å²) in [5, 5.41) is 7.41. The Morgan fingerprint density at radius 1 is 0.580 bits per heavy atom. The molecule has 50 heavy (non-hydrogen) atoms. The topological polar surface area (TPSA) is 18.1 Å². The smallest absolute Gasteiger partial charge is 0.247 e. The van der Waals surface area contributed by atoms with Crippen molar-refractivity contribution in [1.82, 2.24) is 4.57 Å². The zero-order valence-corrected chi connectivity index (χ0v) is 29.7. The average molecular weight is 692 g/mol. The van der Waals surface area contributed by atoms with E-state index in [1.54, 1.807) is 0 Å². The van der Waals surface area contributed by atoms with Crippen LogP contribution < -0.4 is 16.4 Å². The van der Waals surface area contributed by atoms with Gasteiger partial charge in [-0.3, -0.25) is 0 Å². The number of benzene rings is 7. The predicted molar refractivity (Wildman–Crippen MR) is 216 cm³/mol. The third kappa shape index (κ3) is 3.58. The number of fused-ring (bicyclic) bond motifs is 16. The second kappa shape index (κ2) is 9.88. The van der Waals surface area contributed by atoms with Crippen LogP contribution in [-0.4, -0.2) is 11.3 Å². The first-order valence-electron chi connectivity index (χ1n) is 17.0. The Morgan fingerprint density at radius 3 is 1.96 bits per heavy atom. The molecule has 0 radical (unpaired) electrons. The lowest BCUT2D eigenvalue weighted by Gasteiger charge is -2.33. The van der Waals surface area contributed by atoms with Crippen molar-refractivity contribution in [2.45, 2.75) is 33.4 Å². The molecule has 12 rings (SSSR count). The summed E-state index contributed by atoms with van der Waals surface area (Å²) in [6.07, 6.45) is 0. The summed E-state index contributed by atoms with van der Waals surface area (Å²) in [5.41, 5.74) is 12.4. The first kappa shape index (κ1) is 27.9. The zero-order valence-electron chi connectivity index (χ0n) is 27.2. The van der Waals surface area contributed by atoms with E-state index in [9.17, 15) is 0 Å². The van der Waals surface area contributed by atoms with Crippen molar-refractivity contribution in [2.75, 3.05) is 0 Å². The van der Waals surface area contributed by atoms with E-state index < -0.39 is 0 Å². The molecule has 0 saturated heterocycles. The van der Waals surface area contributed by atoms with E-state index in [0.717, 1.165) is 11.2 Å². The predicted octanol–water partition coefficient (Wildman–Crippen LogP) is 11.1. The molecule has 0 bridgehead atoms. The zero-order chi connectivity index (χ0) is 32.8. The van der Waals surface area contributed by atoms with Gasteiger partial charge in [-0.15, -0.1) is 11.3 Å². The van der Waals surface area contributed by atoms with E-state index in [2.05, 4.69) is 140 Å². The second-order valence-corrected chi connectivity index (χ2v) is 17.0. The first-order valence-corrected chi connectivity index (χ1v) is 19.5. The number of rotatable bonds is 1. The van der Waals surface area contributed by atoms with Crippen molar-refractivity contribution in [2.24, 2.45) is 0 Å². The number of furan rings is 1. The summed E-state index contributed by atoms with van der Waals surface area (Å²) in [4.78, 5) is 5.42. The maximum Gasteiger partial charge on any atom is 0.247 e. The van der Waals surface area contributed by atoms with Crippen molar-refractivity contribution in [1.29, 1.82) is 0 Å². The Morgan fingerprint density at radius 2 is 1.22 bits per heavy atom. The molecule has 0 amide bonds. The number of nitrogens with zero attached hydrogens (tertiary/aromatic N) is 1. The van der Waals surface area contributed by atoms with Crippen LogP contribution in [0.2, 0.25) is 0 Å². The number of aryl methyl sites for hydroxylation is 2. The van der Waals surface area contributed by atoms with Crippen LogP contribution >= 0.6 is 34.9 Å². The molecule has 2 aliphatic heterocycles. The Balaban J connectivity index is 1.25. The SMILES string of the molecule is Cc1ccc2c(c1)Sc1cc(-n3c4ccccc4c4c5oc6ccccc6c5c5sc6ccccc6c5c43)cc3c1B2c1ccc(C)cc1S3. The highest BCUT2D eigenvalue weighted by molar-refractivity contribution is 8.01. The van der Waals surface area contributed by atoms with E-state index in [4.69, 9.17) is 4.42 Å². The fraction of sp³-hybridized carbons (Fsp3) is 0.0455. The molecular formula is C44H26BNOS3. The number of aromatic nitrogens is 1. The van der Waals surface area contributed by atoms with E-state index >= 15 is 0 Å². The van der Waals surface area contributed by atoms with Crippen molar-refractivity contribution in [3.63, 3.8) is 0 Å². The molecule has 234 valence electrons. The molecule has 5 heterocycles. The Hall–Kier alpha value is -4.88. The average Bonchev–Trinajstić information content (AvgIpc) is 3.80. The summed E-state index contributed by atoms with van der Waals surface area (Å²) in [5.74, 6) is 0. The molecule has 0 spiro atoms. The highest BCUT2D eigenvalue weighted by Crippen LogP contribution is 2.51. The molecule has 0 fully saturated rings. The first-order chi connectivity index (χ1) is 24.6. The summed E-state index contributed by atoms with van der Waals surface area (Å²) in [6.45, 7) is 4.64. The van der Waals surface area contributed by atoms with Gasteiger partial charge in [0.2, 0.25) is 6.71 Å². The van der Waals surface area contributed by atoms with Gasteiger partial charge >= 0.3 is 0 Å². The highest BCUT2D eigenvalue weighted by atomic mass is 32.2. The molecule has 0 N–H and O–H groups in total. The van der Waals surface area contributed by atoms with Gasteiger partial charge in [0.25, 0.3) is 0 Å². The molecule has 6 heteroatoms. The number of hydrogen-bond acceptors (Lipinski definition) is 4. The minimum atomic E-state index is 0.226. The molecule has 0 aliphatic carbocycles. The fourth-order valence-electron chi connectivity index (χ4n) is 8.70. The van der Waals surface area contributed by atoms with Crippen LogP contribution in [0.15, 0.2) is 145 Å². The summed E-state index contributed by atoms with van der Waals surface area (Å²) in [7, 11) is 0. The lowest BCUT2D eigenvalue weighted by Crippen LogP contribution is -2.58. The van der Waals surface area contributed by atoms with Gasteiger partial charge in [-0.25, -0.2) is 0 Å². The maximum absolute atomic E-state index is 6.87. The molecule has 2 aliphatic rings. The third-order valence-electron chi connectivity index (χ3n) is 10.8. The third-order valence-corrected chi connectivity index (χ3v) is 14.2. The number of thiophene rings is 1. The lowest BCUT2D eigenvalue weighted by atomic mass is 9.36. The van der Waals surface area contributed by atoms with Gasteiger partial charge in [0, 0.05) is 61.6 Å². The van der Waals surface area contributed by atoms with E-state index in [1.165, 1.54) is 106 Å². The summed E-state index contributed by atoms with van der Waals surface area (Å²) >= 11 is 5.75. The monoisotopic (exact) mass is 691 g/mol. The van der Waals surface area contributed by atoms with Crippen molar-refractivity contribution in [3.05, 3.63) is 132 Å². The van der Waals surface area contributed by atoms with E-state index in [0.29, 0.717) is 0 Å². The van der Waals surface area contributed by atoms with Crippen LogP contribution in [0.4, 0.5) is 0 Å². The van der Waals surface area contributed by atoms with E-state index in [-0.39, 0.29) is 6.71 Å². The molecular weight excluding hydrogens is 666 g/mol. The van der Waals surface area contributed by atoms with Crippen LogP contribution in [-0.2, 0) is 0 Å². The van der Waals surface area contributed by atoms with E-state index in [1.807, 2.05) is 34.9 Å². The van der Waals surface area contributed by atoms with Gasteiger partial charge < -0.3 is 8.98 Å². The standard InChI is InChI=1S/C44H26BNOS3/c1-23-15-17-29-34(19-23)48-36-21-25(22-37-41(36)45(29)30-18-16-24(2)20-35(30)49-37)46-31-12-6-3-9-26(31)38-42(46)39-28-11-5-8-14-33(28)50-44(39)40-27-10-4-7-13-32(27)47-43(38)40/h3-22H,1-2H3. The largest absolute Gasteiger partial charge is 0.455 e. The molecule has 7 aromatic carbocycles. The van der Waals surface area contributed by atoms with Crippen molar-refractivity contribution < 1.29 is 4.42 Å². The van der Waals surface area contributed by atoms with Gasteiger partial charge in [-0.1, -0.05) is 124 Å². The number of para-hydroxylation sites is 2. The van der Waals surface area contributed by atoms with Gasteiger partial charge in [-0.2, -0.15) is 0 Å². The summed E-state index contributed by atoms with van der Waals surface area (Å²) in [6, 6.07) is 45.3. The van der Waals surface area contributed by atoms with Crippen molar-refractivity contribution >= 4 is 122 Å². The molecule has 0 unspecified atom stereocenters. The van der Waals surface area contributed by atoms with Crippen LogP contribution in [0.1, 0.15) is 11.1 Å². The minimum Gasteiger partial charge on any atom is -0.455 e. The molecule has 3 aromatic heterocycles. The molecule has 10 aromatic rings. The van der Waals surface area contributed by atoms with Gasteiger partial charge in [-0.05, 0) is 61.8 Å². The quantitative estimate of drug-likeness (QED) is 0.160. The van der Waals surface area contributed by atoms with Crippen LogP contribution in [0.3, 0.4) is 0 Å². The molecule has 0 atom stereocenters. The normalized spacial score (nSPS) is 13.6. The molecule has 2 nitrogen and oxygen atoms in total. The lowest BCUT2D eigenvalue weighted by molar-refractivity contribution is 0.673. The Labute approximate surface area is 300 Å². The second-order valence-electron chi connectivity index (χ2n) is 13.8.